The van der Waals surface area contributed by atoms with Gasteiger partial charge in [0.15, 0.2) is 11.0 Å². The fraction of sp³-hybridized carbons (Fsp3) is 0.200. The van der Waals surface area contributed by atoms with Crippen LogP contribution in [-0.2, 0) is 11.3 Å². The van der Waals surface area contributed by atoms with Crippen molar-refractivity contribution in [2.45, 2.75) is 18.6 Å². The Balaban J connectivity index is 1.56. The minimum absolute atomic E-state index is 0.132. The Morgan fingerprint density at radius 3 is 2.59 bits per heavy atom. The van der Waals surface area contributed by atoms with Gasteiger partial charge in [0.25, 0.3) is 0 Å². The third-order valence-electron chi connectivity index (χ3n) is 5.07. The first kappa shape index (κ1) is 23.4. The van der Waals surface area contributed by atoms with Crippen LogP contribution in [-0.4, -0.2) is 50.0 Å². The fourth-order valence-electron chi connectivity index (χ4n) is 3.34. The van der Waals surface area contributed by atoms with Gasteiger partial charge in [-0.2, -0.15) is 0 Å². The molecule has 4 rings (SSSR count). The highest BCUT2D eigenvalue weighted by Gasteiger charge is 2.19. The lowest BCUT2D eigenvalue weighted by atomic mass is 10.2. The van der Waals surface area contributed by atoms with Gasteiger partial charge in [0.05, 0.1) is 12.4 Å². The number of pyridine rings is 1. The van der Waals surface area contributed by atoms with Crippen LogP contribution in [0.3, 0.4) is 0 Å². The van der Waals surface area contributed by atoms with E-state index in [1.54, 1.807) is 37.6 Å². The molecule has 0 saturated heterocycles. The number of nitrogens with zero attached hydrogens (tertiary/aromatic N) is 5. The number of carbonyl (C=O) groups is 1. The van der Waals surface area contributed by atoms with Crippen LogP contribution in [0.5, 0.6) is 5.75 Å². The van der Waals surface area contributed by atoms with Gasteiger partial charge in [0.2, 0.25) is 5.91 Å². The highest BCUT2D eigenvalue weighted by molar-refractivity contribution is 7.99. The number of ether oxygens (including phenoxy) is 1. The summed E-state index contributed by atoms with van der Waals surface area (Å²) in [5, 5.41) is 9.28. The SMILES string of the molecule is CCOc1ccc(-n2c(SCC(=O)N(C)Cc3ccccc3F)nnc2-c2cccnc2)cc1. The molecule has 34 heavy (non-hydrogen) atoms. The summed E-state index contributed by atoms with van der Waals surface area (Å²) in [7, 11) is 1.66. The maximum atomic E-state index is 14.0. The van der Waals surface area contributed by atoms with E-state index >= 15 is 0 Å². The summed E-state index contributed by atoms with van der Waals surface area (Å²) in [6.07, 6.45) is 3.41. The van der Waals surface area contributed by atoms with Crippen molar-refractivity contribution < 1.29 is 13.9 Å². The summed E-state index contributed by atoms with van der Waals surface area (Å²) in [5.74, 6) is 1.05. The predicted molar refractivity (Wildman–Crippen MR) is 129 cm³/mol. The molecular formula is C25H24FN5O2S. The molecule has 2 aromatic heterocycles. The Morgan fingerprint density at radius 1 is 1.09 bits per heavy atom. The van der Waals surface area contributed by atoms with E-state index in [4.69, 9.17) is 4.74 Å². The Bertz CT molecular complexity index is 1250. The largest absolute Gasteiger partial charge is 0.494 e. The first-order valence-corrected chi connectivity index (χ1v) is 11.7. The van der Waals surface area contributed by atoms with E-state index < -0.39 is 0 Å². The van der Waals surface area contributed by atoms with Gasteiger partial charge in [-0.1, -0.05) is 30.0 Å². The van der Waals surface area contributed by atoms with Crippen molar-refractivity contribution in [2.24, 2.45) is 0 Å². The van der Waals surface area contributed by atoms with Gasteiger partial charge in [-0.3, -0.25) is 14.3 Å². The first-order valence-electron chi connectivity index (χ1n) is 10.8. The highest BCUT2D eigenvalue weighted by Crippen LogP contribution is 2.29. The Morgan fingerprint density at radius 2 is 1.88 bits per heavy atom. The number of halogens is 1. The molecular weight excluding hydrogens is 453 g/mol. The van der Waals surface area contributed by atoms with Gasteiger partial charge in [-0.05, 0) is 49.4 Å². The third kappa shape index (κ3) is 5.43. The molecule has 0 aliphatic heterocycles. The number of hydrogen-bond acceptors (Lipinski definition) is 6. The van der Waals surface area contributed by atoms with Crippen molar-refractivity contribution in [1.29, 1.82) is 0 Å². The van der Waals surface area contributed by atoms with Crippen molar-refractivity contribution in [2.75, 3.05) is 19.4 Å². The second kappa shape index (κ2) is 10.9. The molecule has 0 aliphatic carbocycles. The van der Waals surface area contributed by atoms with Crippen LogP contribution < -0.4 is 4.74 Å². The van der Waals surface area contributed by atoms with Gasteiger partial charge in [-0.15, -0.1) is 10.2 Å². The number of benzene rings is 2. The molecule has 9 heteroatoms. The van der Waals surface area contributed by atoms with Crippen LogP contribution in [0.15, 0.2) is 78.2 Å². The number of carbonyl (C=O) groups excluding carboxylic acids is 1. The normalized spacial score (nSPS) is 10.8. The molecule has 0 unspecified atom stereocenters. The van der Waals surface area contributed by atoms with Crippen LogP contribution in [0.2, 0.25) is 0 Å². The van der Waals surface area contributed by atoms with E-state index in [0.717, 1.165) is 17.0 Å². The molecule has 2 heterocycles. The van der Waals surface area contributed by atoms with Crippen LogP contribution in [0.25, 0.3) is 17.1 Å². The molecule has 174 valence electrons. The lowest BCUT2D eigenvalue weighted by molar-refractivity contribution is -0.127. The molecule has 0 spiro atoms. The molecule has 0 atom stereocenters. The van der Waals surface area contributed by atoms with Gasteiger partial charge in [-0.25, -0.2) is 4.39 Å². The molecule has 0 bridgehead atoms. The van der Waals surface area contributed by atoms with E-state index in [2.05, 4.69) is 15.2 Å². The molecule has 0 saturated carbocycles. The van der Waals surface area contributed by atoms with Crippen molar-refractivity contribution in [3.8, 4) is 22.8 Å². The summed E-state index contributed by atoms with van der Waals surface area (Å²) in [6.45, 7) is 2.71. The Hall–Kier alpha value is -3.72. The number of rotatable bonds is 9. The molecule has 7 nitrogen and oxygen atoms in total. The summed E-state index contributed by atoms with van der Waals surface area (Å²) in [4.78, 5) is 18.5. The lowest BCUT2D eigenvalue weighted by Gasteiger charge is -2.17. The van der Waals surface area contributed by atoms with E-state index in [1.165, 1.54) is 22.7 Å². The van der Waals surface area contributed by atoms with Crippen LogP contribution in [0.4, 0.5) is 4.39 Å². The number of amides is 1. The smallest absolute Gasteiger partial charge is 0.233 e. The van der Waals surface area contributed by atoms with E-state index in [-0.39, 0.29) is 24.0 Å². The highest BCUT2D eigenvalue weighted by atomic mass is 32.2. The first-order chi connectivity index (χ1) is 16.6. The number of aromatic nitrogens is 4. The standard InChI is InChI=1S/C25H24FN5O2S/c1-3-33-21-12-10-20(11-13-21)31-24(18-8-6-14-27-15-18)28-29-25(31)34-17-23(32)30(2)16-19-7-4-5-9-22(19)26/h4-15H,3,16-17H2,1-2H3. The summed E-state index contributed by atoms with van der Waals surface area (Å²) >= 11 is 1.28. The predicted octanol–water partition coefficient (Wildman–Crippen LogP) is 4.62. The third-order valence-corrected chi connectivity index (χ3v) is 5.99. The maximum Gasteiger partial charge on any atom is 0.233 e. The summed E-state index contributed by atoms with van der Waals surface area (Å²) < 4.78 is 21.4. The minimum Gasteiger partial charge on any atom is -0.494 e. The van der Waals surface area contributed by atoms with Gasteiger partial charge in [0, 0.05) is 42.8 Å². The second-order valence-corrected chi connectivity index (χ2v) is 8.38. The van der Waals surface area contributed by atoms with Crippen molar-refractivity contribution in [3.05, 3.63) is 84.4 Å². The molecule has 1 amide bonds. The lowest BCUT2D eigenvalue weighted by Crippen LogP contribution is -2.28. The summed E-state index contributed by atoms with van der Waals surface area (Å²) in [5.41, 5.74) is 2.11. The average Bonchev–Trinajstić information content (AvgIpc) is 3.29. The molecule has 2 aromatic carbocycles. The van der Waals surface area contributed by atoms with Crippen LogP contribution in [0.1, 0.15) is 12.5 Å². The zero-order valence-corrected chi connectivity index (χ0v) is 19.7. The van der Waals surface area contributed by atoms with Crippen molar-refractivity contribution >= 4 is 17.7 Å². The quantitative estimate of drug-likeness (QED) is 0.328. The molecule has 0 N–H and O–H groups in total. The van der Waals surface area contributed by atoms with Gasteiger partial charge >= 0.3 is 0 Å². The van der Waals surface area contributed by atoms with Crippen molar-refractivity contribution in [1.82, 2.24) is 24.6 Å². The molecule has 0 aliphatic rings. The van der Waals surface area contributed by atoms with Crippen molar-refractivity contribution in [3.63, 3.8) is 0 Å². The molecule has 0 fully saturated rings. The maximum absolute atomic E-state index is 14.0. The van der Waals surface area contributed by atoms with Crippen LogP contribution in [0, 0.1) is 5.82 Å². The monoisotopic (exact) mass is 477 g/mol. The van der Waals surface area contributed by atoms with E-state index in [9.17, 15) is 9.18 Å². The van der Waals surface area contributed by atoms with Gasteiger partial charge < -0.3 is 9.64 Å². The van der Waals surface area contributed by atoms with Crippen LogP contribution >= 0.6 is 11.8 Å². The zero-order valence-electron chi connectivity index (χ0n) is 18.9. The van der Waals surface area contributed by atoms with Gasteiger partial charge in [0.1, 0.15) is 11.6 Å². The van der Waals surface area contributed by atoms with E-state index in [0.29, 0.717) is 23.2 Å². The zero-order chi connectivity index (χ0) is 23.9. The Kier molecular flexibility index (Phi) is 7.54. The number of thioether (sulfide) groups is 1. The minimum atomic E-state index is -0.328. The second-order valence-electron chi connectivity index (χ2n) is 7.44. The molecule has 0 radical (unpaired) electrons. The van der Waals surface area contributed by atoms with E-state index in [1.807, 2.05) is 47.9 Å². The Labute approximate surface area is 201 Å². The molecule has 4 aromatic rings. The topological polar surface area (TPSA) is 73.1 Å². The fourth-order valence-corrected chi connectivity index (χ4v) is 4.24. The number of hydrogen-bond donors (Lipinski definition) is 0. The summed E-state index contributed by atoms with van der Waals surface area (Å²) in [6, 6.07) is 17.8. The average molecular weight is 478 g/mol.